The summed E-state index contributed by atoms with van der Waals surface area (Å²) >= 11 is 0. The molecule has 0 bridgehead atoms. The minimum Gasteiger partial charge on any atom is -0.387 e. The zero-order valence-electron chi connectivity index (χ0n) is 10.9. The molecule has 1 amide bonds. The van der Waals surface area contributed by atoms with Gasteiger partial charge in [-0.1, -0.05) is 30.3 Å². The van der Waals surface area contributed by atoms with E-state index in [-0.39, 0.29) is 11.8 Å². The maximum atomic E-state index is 12.0. The molecule has 3 rings (SSSR count). The van der Waals surface area contributed by atoms with Crippen molar-refractivity contribution >= 4 is 5.91 Å². The van der Waals surface area contributed by atoms with Gasteiger partial charge < -0.3 is 15.7 Å². The molecular weight excluding hydrogens is 240 g/mol. The fourth-order valence-electron chi connectivity index (χ4n) is 2.82. The van der Waals surface area contributed by atoms with Gasteiger partial charge in [-0.3, -0.25) is 4.79 Å². The number of hydrogen-bond donors (Lipinski definition) is 3. The summed E-state index contributed by atoms with van der Waals surface area (Å²) in [6.45, 7) is 1.75. The second-order valence-corrected chi connectivity index (χ2v) is 5.73. The lowest BCUT2D eigenvalue weighted by molar-refractivity contribution is -0.123. The van der Waals surface area contributed by atoms with Gasteiger partial charge in [0, 0.05) is 19.0 Å². The molecule has 1 saturated heterocycles. The number of carbonyl (C=O) groups is 1. The molecule has 0 radical (unpaired) electrons. The van der Waals surface area contributed by atoms with Gasteiger partial charge in [-0.2, -0.15) is 0 Å². The number of aliphatic hydroxyl groups is 1. The highest BCUT2D eigenvalue weighted by atomic mass is 16.3. The number of rotatable bonds is 4. The fourth-order valence-corrected chi connectivity index (χ4v) is 2.82. The fraction of sp³-hybridized carbons (Fsp3) is 0.533. The van der Waals surface area contributed by atoms with Crippen LogP contribution in [-0.2, 0) is 4.79 Å². The maximum Gasteiger partial charge on any atom is 0.223 e. The first-order valence-electron chi connectivity index (χ1n) is 6.94. The van der Waals surface area contributed by atoms with Crippen LogP contribution in [-0.4, -0.2) is 36.2 Å². The predicted octanol–water partition coefficient (Wildman–Crippen LogP) is 0.631. The summed E-state index contributed by atoms with van der Waals surface area (Å²) < 4.78 is 0. The van der Waals surface area contributed by atoms with Crippen molar-refractivity contribution in [2.75, 3.05) is 19.6 Å². The van der Waals surface area contributed by atoms with Gasteiger partial charge in [-0.15, -0.1) is 0 Å². The standard InChI is InChI=1S/C15H20N2O2/c18-14(17-10-15(19)6-7-16-9-15)13-8-12(13)11-4-2-1-3-5-11/h1-5,12-13,16,19H,6-10H2,(H,17,18). The predicted molar refractivity (Wildman–Crippen MR) is 72.7 cm³/mol. The molecule has 3 atom stereocenters. The van der Waals surface area contributed by atoms with E-state index >= 15 is 0 Å². The normalized spacial score (nSPS) is 33.1. The zero-order valence-corrected chi connectivity index (χ0v) is 10.9. The Bertz CT molecular complexity index is 454. The number of benzene rings is 1. The Kier molecular flexibility index (Phi) is 3.29. The lowest BCUT2D eigenvalue weighted by Crippen LogP contribution is -2.44. The van der Waals surface area contributed by atoms with Crippen LogP contribution in [0.1, 0.15) is 24.3 Å². The van der Waals surface area contributed by atoms with Gasteiger partial charge in [0.2, 0.25) is 5.91 Å². The van der Waals surface area contributed by atoms with E-state index in [0.29, 0.717) is 25.4 Å². The summed E-state index contributed by atoms with van der Waals surface area (Å²) in [5, 5.41) is 16.2. The molecule has 3 N–H and O–H groups in total. The molecule has 0 spiro atoms. The van der Waals surface area contributed by atoms with Crippen molar-refractivity contribution in [2.45, 2.75) is 24.4 Å². The maximum absolute atomic E-state index is 12.0. The van der Waals surface area contributed by atoms with E-state index in [1.165, 1.54) is 5.56 Å². The van der Waals surface area contributed by atoms with Gasteiger partial charge in [-0.05, 0) is 30.9 Å². The Hall–Kier alpha value is -1.39. The average Bonchev–Trinajstić information content (AvgIpc) is 3.13. The topological polar surface area (TPSA) is 61.4 Å². The number of hydrogen-bond acceptors (Lipinski definition) is 3. The molecule has 1 aliphatic heterocycles. The molecule has 2 aliphatic rings. The molecule has 4 heteroatoms. The van der Waals surface area contributed by atoms with Gasteiger partial charge >= 0.3 is 0 Å². The molecule has 1 aromatic carbocycles. The summed E-state index contributed by atoms with van der Waals surface area (Å²) in [5.41, 5.74) is 0.483. The molecule has 102 valence electrons. The summed E-state index contributed by atoms with van der Waals surface area (Å²) in [4.78, 5) is 12.0. The zero-order chi connectivity index (χ0) is 13.3. The average molecular weight is 260 g/mol. The SMILES string of the molecule is O=C(NCC1(O)CCNC1)C1CC1c1ccccc1. The molecule has 1 saturated carbocycles. The van der Waals surface area contributed by atoms with E-state index < -0.39 is 5.60 Å². The molecule has 1 heterocycles. The van der Waals surface area contributed by atoms with Gasteiger partial charge in [0.25, 0.3) is 0 Å². The number of nitrogens with one attached hydrogen (secondary N) is 2. The van der Waals surface area contributed by atoms with Crippen LogP contribution < -0.4 is 10.6 Å². The van der Waals surface area contributed by atoms with E-state index in [1.807, 2.05) is 18.2 Å². The van der Waals surface area contributed by atoms with E-state index in [0.717, 1.165) is 13.0 Å². The molecule has 2 fully saturated rings. The van der Waals surface area contributed by atoms with Crippen molar-refractivity contribution in [1.29, 1.82) is 0 Å². The van der Waals surface area contributed by atoms with Crippen LogP contribution in [0.4, 0.5) is 0 Å². The minimum atomic E-state index is -0.757. The molecule has 3 unspecified atom stereocenters. The summed E-state index contributed by atoms with van der Waals surface area (Å²) in [6, 6.07) is 10.2. The Morgan fingerprint density at radius 3 is 2.89 bits per heavy atom. The van der Waals surface area contributed by atoms with Crippen molar-refractivity contribution in [3.63, 3.8) is 0 Å². The monoisotopic (exact) mass is 260 g/mol. The Labute approximate surface area is 113 Å². The van der Waals surface area contributed by atoms with Gasteiger partial charge in [0.1, 0.15) is 0 Å². The van der Waals surface area contributed by atoms with Gasteiger partial charge in [0.05, 0.1) is 5.60 Å². The van der Waals surface area contributed by atoms with E-state index in [2.05, 4.69) is 22.8 Å². The number of β-amino-alcohol motifs (C(OH)–C–C–N with tert-alkyl or cyclic N) is 1. The smallest absolute Gasteiger partial charge is 0.223 e. The van der Waals surface area contributed by atoms with Crippen LogP contribution in [0.15, 0.2) is 30.3 Å². The van der Waals surface area contributed by atoms with Crippen molar-refractivity contribution in [3.05, 3.63) is 35.9 Å². The first-order valence-corrected chi connectivity index (χ1v) is 6.94. The summed E-state index contributed by atoms with van der Waals surface area (Å²) in [7, 11) is 0. The lowest BCUT2D eigenvalue weighted by atomic mass is 10.0. The summed E-state index contributed by atoms with van der Waals surface area (Å²) in [6.07, 6.45) is 1.63. The quantitative estimate of drug-likeness (QED) is 0.744. The molecule has 19 heavy (non-hydrogen) atoms. The first-order chi connectivity index (χ1) is 9.18. The van der Waals surface area contributed by atoms with Crippen LogP contribution in [0.2, 0.25) is 0 Å². The first kappa shape index (κ1) is 12.6. The lowest BCUT2D eigenvalue weighted by Gasteiger charge is -2.21. The van der Waals surface area contributed by atoms with Crippen LogP contribution >= 0.6 is 0 Å². The Morgan fingerprint density at radius 2 is 2.21 bits per heavy atom. The van der Waals surface area contributed by atoms with Crippen molar-refractivity contribution in [2.24, 2.45) is 5.92 Å². The largest absolute Gasteiger partial charge is 0.387 e. The Morgan fingerprint density at radius 1 is 1.42 bits per heavy atom. The minimum absolute atomic E-state index is 0.0779. The van der Waals surface area contributed by atoms with E-state index in [1.54, 1.807) is 0 Å². The molecular formula is C15H20N2O2. The van der Waals surface area contributed by atoms with Crippen LogP contribution in [0, 0.1) is 5.92 Å². The highest BCUT2D eigenvalue weighted by molar-refractivity contribution is 5.82. The van der Waals surface area contributed by atoms with Crippen LogP contribution in [0.5, 0.6) is 0 Å². The second kappa shape index (κ2) is 4.94. The molecule has 0 aromatic heterocycles. The van der Waals surface area contributed by atoms with Crippen molar-refractivity contribution in [3.8, 4) is 0 Å². The third-order valence-corrected chi connectivity index (χ3v) is 4.17. The van der Waals surface area contributed by atoms with E-state index in [4.69, 9.17) is 0 Å². The van der Waals surface area contributed by atoms with Gasteiger partial charge in [0.15, 0.2) is 0 Å². The Balaban J connectivity index is 1.50. The number of amides is 1. The highest BCUT2D eigenvalue weighted by Gasteiger charge is 2.44. The molecule has 1 aliphatic carbocycles. The van der Waals surface area contributed by atoms with E-state index in [9.17, 15) is 9.90 Å². The molecule has 1 aromatic rings. The highest BCUT2D eigenvalue weighted by Crippen LogP contribution is 2.47. The van der Waals surface area contributed by atoms with Crippen molar-refractivity contribution in [1.82, 2.24) is 10.6 Å². The van der Waals surface area contributed by atoms with Crippen LogP contribution in [0.25, 0.3) is 0 Å². The van der Waals surface area contributed by atoms with Crippen LogP contribution in [0.3, 0.4) is 0 Å². The summed E-state index contributed by atoms with van der Waals surface area (Å²) in [5.74, 6) is 0.520. The van der Waals surface area contributed by atoms with Crippen molar-refractivity contribution < 1.29 is 9.90 Å². The third-order valence-electron chi connectivity index (χ3n) is 4.17. The van der Waals surface area contributed by atoms with Gasteiger partial charge in [-0.25, -0.2) is 0 Å². The number of carbonyl (C=O) groups excluding carboxylic acids is 1. The molecule has 4 nitrogen and oxygen atoms in total. The second-order valence-electron chi connectivity index (χ2n) is 5.73. The third kappa shape index (κ3) is 2.80.